The summed E-state index contributed by atoms with van der Waals surface area (Å²) < 4.78 is 0. The number of nitro benzene ring substituents is 1. The Balaban J connectivity index is 0.00000392. The maximum absolute atomic E-state index is 12.9. The lowest BCUT2D eigenvalue weighted by atomic mass is 9.97. The average molecular weight is 424 g/mol. The molecule has 0 aliphatic rings. The fourth-order valence-electron chi connectivity index (χ4n) is 2.52. The fraction of sp³-hybridized carbons (Fsp3) is 0.263. The molecule has 1 unspecified atom stereocenters. The van der Waals surface area contributed by atoms with E-state index in [0.717, 1.165) is 0 Å². The van der Waals surface area contributed by atoms with Crippen molar-refractivity contribution in [3.05, 3.63) is 69.3 Å². The molecular formula is C19H22ClN3O4S. The minimum atomic E-state index is -0.519. The number of nitro groups is 1. The Morgan fingerprint density at radius 3 is 2.43 bits per heavy atom. The van der Waals surface area contributed by atoms with Gasteiger partial charge in [-0.2, -0.15) is 0 Å². The molecule has 0 fully saturated rings. The van der Waals surface area contributed by atoms with Crippen molar-refractivity contribution in [1.29, 1.82) is 0 Å². The molecule has 0 radical (unpaired) electrons. The number of benzene rings is 2. The summed E-state index contributed by atoms with van der Waals surface area (Å²) in [6.45, 7) is 2.24. The third kappa shape index (κ3) is 5.79. The molecule has 0 bridgehead atoms. The van der Waals surface area contributed by atoms with Crippen LogP contribution in [0.15, 0.2) is 47.4 Å². The molecule has 0 saturated carbocycles. The molecule has 2 rings (SSSR count). The molecule has 0 aromatic heterocycles. The highest BCUT2D eigenvalue weighted by Crippen LogP contribution is 2.29. The number of thioether (sulfide) groups is 1. The van der Waals surface area contributed by atoms with E-state index in [1.54, 1.807) is 30.5 Å². The van der Waals surface area contributed by atoms with Crippen LogP contribution >= 0.6 is 24.2 Å². The summed E-state index contributed by atoms with van der Waals surface area (Å²) in [5.74, 6) is -0.821. The van der Waals surface area contributed by atoms with E-state index in [-0.39, 0.29) is 46.7 Å². The number of amides is 1. The number of halogens is 1. The van der Waals surface area contributed by atoms with Crippen molar-refractivity contribution < 1.29 is 14.5 Å². The van der Waals surface area contributed by atoms with E-state index in [4.69, 9.17) is 5.73 Å². The number of nitrogens with zero attached hydrogens (tertiary/aromatic N) is 1. The Bertz CT molecular complexity index is 874. The summed E-state index contributed by atoms with van der Waals surface area (Å²) >= 11 is 1.23. The van der Waals surface area contributed by atoms with Crippen molar-refractivity contribution in [2.45, 2.75) is 24.3 Å². The first-order valence-electron chi connectivity index (χ1n) is 8.35. The number of hydrogen-bond donors (Lipinski definition) is 2. The Morgan fingerprint density at radius 2 is 1.86 bits per heavy atom. The predicted octanol–water partition coefficient (Wildman–Crippen LogP) is 3.44. The molecule has 1 amide bonds. The molecule has 2 aromatic carbocycles. The zero-order valence-electron chi connectivity index (χ0n) is 15.5. The summed E-state index contributed by atoms with van der Waals surface area (Å²) in [5.41, 5.74) is 6.12. The van der Waals surface area contributed by atoms with Gasteiger partial charge in [-0.15, -0.1) is 24.2 Å². The van der Waals surface area contributed by atoms with Gasteiger partial charge in [-0.25, -0.2) is 0 Å². The molecule has 0 heterocycles. The van der Waals surface area contributed by atoms with Crippen LogP contribution in [0.4, 0.5) is 5.69 Å². The second kappa shape index (κ2) is 10.8. The standard InChI is InChI=1S/C19H21N3O4S.ClH/c1-12(20)9-10-21-19(24)15-6-4-3-5-14(15)18(23)13-7-8-17(27-2)16(11-13)22(25)26;/h3-8,11-12H,9-10,20H2,1-2H3,(H,21,24);1H. The lowest BCUT2D eigenvalue weighted by Gasteiger charge is -2.11. The van der Waals surface area contributed by atoms with Crippen LogP contribution in [0.3, 0.4) is 0 Å². The third-order valence-electron chi connectivity index (χ3n) is 3.94. The van der Waals surface area contributed by atoms with E-state index in [0.29, 0.717) is 17.9 Å². The van der Waals surface area contributed by atoms with Crippen LogP contribution in [0.25, 0.3) is 0 Å². The Hall–Kier alpha value is -2.42. The van der Waals surface area contributed by atoms with Gasteiger partial charge in [0.05, 0.1) is 15.4 Å². The molecule has 7 nitrogen and oxygen atoms in total. The van der Waals surface area contributed by atoms with Crippen molar-refractivity contribution in [3.8, 4) is 0 Å². The summed E-state index contributed by atoms with van der Waals surface area (Å²) in [4.78, 5) is 36.5. The molecule has 0 saturated heterocycles. The van der Waals surface area contributed by atoms with Crippen molar-refractivity contribution in [2.24, 2.45) is 5.73 Å². The number of carbonyl (C=O) groups excluding carboxylic acids is 2. The van der Waals surface area contributed by atoms with Gasteiger partial charge >= 0.3 is 0 Å². The van der Waals surface area contributed by atoms with Gasteiger partial charge in [0.2, 0.25) is 0 Å². The Morgan fingerprint density at radius 1 is 1.21 bits per heavy atom. The van der Waals surface area contributed by atoms with Crippen molar-refractivity contribution in [1.82, 2.24) is 5.32 Å². The van der Waals surface area contributed by atoms with Crippen LogP contribution in [0.5, 0.6) is 0 Å². The summed E-state index contributed by atoms with van der Waals surface area (Å²) in [7, 11) is 0. The Labute approximate surface area is 173 Å². The number of hydrogen-bond acceptors (Lipinski definition) is 6. The first-order valence-corrected chi connectivity index (χ1v) is 9.57. The highest BCUT2D eigenvalue weighted by atomic mass is 35.5. The number of carbonyl (C=O) groups is 2. The Kier molecular flexibility index (Phi) is 9.11. The maximum atomic E-state index is 12.9. The van der Waals surface area contributed by atoms with Gasteiger partial charge in [-0.1, -0.05) is 18.2 Å². The zero-order chi connectivity index (χ0) is 20.0. The second-order valence-electron chi connectivity index (χ2n) is 6.04. The smallest absolute Gasteiger partial charge is 0.283 e. The van der Waals surface area contributed by atoms with E-state index in [1.165, 1.54) is 30.0 Å². The van der Waals surface area contributed by atoms with E-state index >= 15 is 0 Å². The number of ketones is 1. The monoisotopic (exact) mass is 423 g/mol. The third-order valence-corrected chi connectivity index (χ3v) is 4.72. The quantitative estimate of drug-likeness (QED) is 0.291. The van der Waals surface area contributed by atoms with Crippen LogP contribution in [-0.4, -0.2) is 35.5 Å². The van der Waals surface area contributed by atoms with Gasteiger partial charge in [0.1, 0.15) is 0 Å². The highest BCUT2D eigenvalue weighted by Gasteiger charge is 2.21. The van der Waals surface area contributed by atoms with Gasteiger partial charge in [-0.3, -0.25) is 19.7 Å². The van der Waals surface area contributed by atoms with E-state index in [2.05, 4.69) is 5.32 Å². The zero-order valence-corrected chi connectivity index (χ0v) is 17.1. The molecule has 150 valence electrons. The van der Waals surface area contributed by atoms with Crippen LogP contribution in [0.1, 0.15) is 39.6 Å². The first-order chi connectivity index (χ1) is 12.8. The lowest BCUT2D eigenvalue weighted by Crippen LogP contribution is -2.30. The number of nitrogens with one attached hydrogen (secondary N) is 1. The molecule has 0 spiro atoms. The topological polar surface area (TPSA) is 115 Å². The molecule has 3 N–H and O–H groups in total. The minimum absolute atomic E-state index is 0. The van der Waals surface area contributed by atoms with Gasteiger partial charge in [-0.05, 0) is 37.8 Å². The predicted molar refractivity (Wildman–Crippen MR) is 113 cm³/mol. The van der Waals surface area contributed by atoms with Crippen LogP contribution < -0.4 is 11.1 Å². The van der Waals surface area contributed by atoms with Gasteiger partial charge in [0.25, 0.3) is 11.6 Å². The summed E-state index contributed by atoms with van der Waals surface area (Å²) in [6.07, 6.45) is 2.34. The van der Waals surface area contributed by atoms with Crippen molar-refractivity contribution in [3.63, 3.8) is 0 Å². The molecule has 1 atom stereocenters. The molecule has 0 aliphatic carbocycles. The molecule has 0 aliphatic heterocycles. The molecule has 9 heteroatoms. The number of nitrogens with two attached hydrogens (primary N) is 1. The van der Waals surface area contributed by atoms with E-state index in [9.17, 15) is 19.7 Å². The van der Waals surface area contributed by atoms with E-state index < -0.39 is 10.7 Å². The van der Waals surface area contributed by atoms with Gasteiger partial charge < -0.3 is 11.1 Å². The van der Waals surface area contributed by atoms with Crippen LogP contribution in [-0.2, 0) is 0 Å². The van der Waals surface area contributed by atoms with Crippen molar-refractivity contribution >= 4 is 41.5 Å². The second-order valence-corrected chi connectivity index (χ2v) is 6.89. The lowest BCUT2D eigenvalue weighted by molar-refractivity contribution is -0.387. The molecule has 28 heavy (non-hydrogen) atoms. The maximum Gasteiger partial charge on any atom is 0.283 e. The fourth-order valence-corrected chi connectivity index (χ4v) is 3.06. The molecular weight excluding hydrogens is 402 g/mol. The van der Waals surface area contributed by atoms with Crippen LogP contribution in [0, 0.1) is 10.1 Å². The summed E-state index contributed by atoms with van der Waals surface area (Å²) in [6, 6.07) is 10.7. The van der Waals surface area contributed by atoms with Gasteiger partial charge in [0.15, 0.2) is 5.78 Å². The first kappa shape index (κ1) is 23.6. The normalized spacial score (nSPS) is 11.2. The summed E-state index contributed by atoms with van der Waals surface area (Å²) in [5, 5.41) is 14.0. The number of rotatable bonds is 8. The minimum Gasteiger partial charge on any atom is -0.352 e. The highest BCUT2D eigenvalue weighted by molar-refractivity contribution is 7.98. The van der Waals surface area contributed by atoms with E-state index in [1.807, 2.05) is 6.92 Å². The molecule has 2 aromatic rings. The van der Waals surface area contributed by atoms with Crippen molar-refractivity contribution in [2.75, 3.05) is 12.8 Å². The average Bonchev–Trinajstić information content (AvgIpc) is 2.66. The van der Waals surface area contributed by atoms with Gasteiger partial charge in [0, 0.05) is 29.8 Å². The SMILES string of the molecule is CSc1ccc(C(=O)c2ccccc2C(=O)NCCC(C)N)cc1[N+](=O)[O-].Cl. The largest absolute Gasteiger partial charge is 0.352 e. The van der Waals surface area contributed by atoms with Crippen LogP contribution in [0.2, 0.25) is 0 Å².